The zero-order valence-electron chi connectivity index (χ0n) is 13.0. The van der Waals surface area contributed by atoms with Crippen LogP contribution in [0.25, 0.3) is 0 Å². The molecule has 0 aromatic heterocycles. The average molecular weight is 286 g/mol. The van der Waals surface area contributed by atoms with E-state index >= 15 is 0 Å². The highest BCUT2D eigenvalue weighted by Crippen LogP contribution is 2.37. The molecule has 4 nitrogen and oxygen atoms in total. The molecular weight excluding hydrogens is 256 g/mol. The average Bonchev–Trinajstić information content (AvgIpc) is 2.40. The van der Waals surface area contributed by atoms with Crippen LogP contribution in [0.3, 0.4) is 0 Å². The molecule has 0 radical (unpaired) electrons. The van der Waals surface area contributed by atoms with Crippen LogP contribution in [0.4, 0.5) is 0 Å². The van der Waals surface area contributed by atoms with Crippen LogP contribution in [-0.2, 0) is 9.59 Å². The van der Waals surface area contributed by atoms with Crippen molar-refractivity contribution in [3.63, 3.8) is 0 Å². The number of aliphatic carboxylic acids is 2. The summed E-state index contributed by atoms with van der Waals surface area (Å²) in [5.41, 5.74) is -0.588. The molecule has 118 valence electrons. The Labute approximate surface area is 122 Å². The Balaban J connectivity index is 4.40. The second-order valence-corrected chi connectivity index (χ2v) is 5.75. The molecule has 0 heterocycles. The van der Waals surface area contributed by atoms with Crippen LogP contribution >= 0.6 is 0 Å². The lowest BCUT2D eigenvalue weighted by molar-refractivity contribution is -0.151. The molecule has 0 saturated heterocycles. The van der Waals surface area contributed by atoms with Crippen LogP contribution < -0.4 is 0 Å². The topological polar surface area (TPSA) is 74.6 Å². The van der Waals surface area contributed by atoms with E-state index in [-0.39, 0.29) is 6.42 Å². The molecule has 0 spiro atoms. The van der Waals surface area contributed by atoms with Crippen molar-refractivity contribution in [3.05, 3.63) is 0 Å². The van der Waals surface area contributed by atoms with Gasteiger partial charge in [0.2, 0.25) is 0 Å². The molecule has 0 atom stereocenters. The normalized spacial score (nSPS) is 11.5. The molecule has 0 aliphatic heterocycles. The van der Waals surface area contributed by atoms with E-state index in [4.69, 9.17) is 5.11 Å². The summed E-state index contributed by atoms with van der Waals surface area (Å²) in [6, 6.07) is 0. The first-order chi connectivity index (χ1) is 9.48. The highest BCUT2D eigenvalue weighted by molar-refractivity contribution is 5.74. The van der Waals surface area contributed by atoms with Crippen molar-refractivity contribution in [3.8, 4) is 0 Å². The fourth-order valence-corrected chi connectivity index (χ4v) is 2.64. The van der Waals surface area contributed by atoms with Gasteiger partial charge in [0.1, 0.15) is 0 Å². The molecule has 0 rings (SSSR count). The van der Waals surface area contributed by atoms with Crippen LogP contribution in [-0.4, -0.2) is 22.2 Å². The predicted octanol–water partition coefficient (Wildman–Crippen LogP) is 4.47. The van der Waals surface area contributed by atoms with E-state index in [2.05, 4.69) is 13.8 Å². The summed E-state index contributed by atoms with van der Waals surface area (Å²) < 4.78 is 0. The van der Waals surface area contributed by atoms with Crippen molar-refractivity contribution in [2.45, 2.75) is 84.5 Å². The third-order valence-corrected chi connectivity index (χ3v) is 4.02. The molecular formula is C16H30O4. The van der Waals surface area contributed by atoms with Crippen LogP contribution in [0, 0.1) is 5.41 Å². The lowest BCUT2D eigenvalue weighted by Gasteiger charge is -2.29. The molecule has 0 fully saturated rings. The van der Waals surface area contributed by atoms with Crippen molar-refractivity contribution in [1.82, 2.24) is 0 Å². The molecule has 0 bridgehead atoms. The number of rotatable bonds is 13. The fraction of sp³-hybridized carbons (Fsp3) is 0.875. The minimum Gasteiger partial charge on any atom is -0.481 e. The maximum absolute atomic E-state index is 11.7. The first-order valence-corrected chi connectivity index (χ1v) is 7.93. The molecule has 0 aromatic rings. The molecule has 2 N–H and O–H groups in total. The van der Waals surface area contributed by atoms with Crippen molar-refractivity contribution in [2.75, 3.05) is 0 Å². The Morgan fingerprint density at radius 2 is 1.30 bits per heavy atom. The first kappa shape index (κ1) is 18.9. The summed E-state index contributed by atoms with van der Waals surface area (Å²) in [7, 11) is 0. The van der Waals surface area contributed by atoms with Crippen LogP contribution in [0.15, 0.2) is 0 Å². The zero-order valence-corrected chi connectivity index (χ0v) is 13.0. The highest BCUT2D eigenvalue weighted by atomic mass is 16.4. The third-order valence-electron chi connectivity index (χ3n) is 4.02. The van der Waals surface area contributed by atoms with E-state index in [1.54, 1.807) is 0 Å². The molecule has 0 aliphatic rings. The Hall–Kier alpha value is -1.06. The Kier molecular flexibility index (Phi) is 10.1. The minimum atomic E-state index is -0.772. The van der Waals surface area contributed by atoms with Gasteiger partial charge >= 0.3 is 11.9 Å². The molecule has 0 saturated carbocycles. The Morgan fingerprint density at radius 1 is 0.800 bits per heavy atom. The number of carbonyl (C=O) groups is 2. The van der Waals surface area contributed by atoms with Gasteiger partial charge in [0.15, 0.2) is 0 Å². The Morgan fingerprint density at radius 3 is 1.70 bits per heavy atom. The smallest absolute Gasteiger partial charge is 0.309 e. The maximum atomic E-state index is 11.7. The highest BCUT2D eigenvalue weighted by Gasteiger charge is 2.36. The van der Waals surface area contributed by atoms with Gasteiger partial charge in [-0.3, -0.25) is 9.59 Å². The van der Waals surface area contributed by atoms with E-state index in [9.17, 15) is 14.7 Å². The van der Waals surface area contributed by atoms with Gasteiger partial charge in [-0.2, -0.15) is 0 Å². The summed E-state index contributed by atoms with van der Waals surface area (Å²) in [6.45, 7) is 4.17. The molecule has 4 heteroatoms. The van der Waals surface area contributed by atoms with E-state index in [0.29, 0.717) is 12.8 Å². The first-order valence-electron chi connectivity index (χ1n) is 7.93. The van der Waals surface area contributed by atoms with E-state index < -0.39 is 17.4 Å². The van der Waals surface area contributed by atoms with Crippen molar-refractivity contribution >= 4 is 11.9 Å². The summed E-state index contributed by atoms with van der Waals surface area (Å²) in [4.78, 5) is 22.2. The van der Waals surface area contributed by atoms with Gasteiger partial charge in [-0.1, -0.05) is 52.4 Å². The fourth-order valence-electron chi connectivity index (χ4n) is 2.64. The second-order valence-electron chi connectivity index (χ2n) is 5.75. The van der Waals surface area contributed by atoms with Gasteiger partial charge in [0, 0.05) is 6.42 Å². The quantitative estimate of drug-likeness (QED) is 0.490. The molecule has 0 aromatic carbocycles. The van der Waals surface area contributed by atoms with E-state index in [0.717, 1.165) is 51.4 Å². The standard InChI is InChI=1S/C16H30O4/c1-3-5-11-16(15(19)20,12-6-4-2)13-9-7-8-10-14(17)18/h3-13H2,1-2H3,(H,17,18)(H,19,20). The number of unbranched alkanes of at least 4 members (excludes halogenated alkanes) is 4. The van der Waals surface area contributed by atoms with Gasteiger partial charge < -0.3 is 10.2 Å². The van der Waals surface area contributed by atoms with Crippen molar-refractivity contribution in [2.24, 2.45) is 5.41 Å². The lowest BCUT2D eigenvalue weighted by Crippen LogP contribution is -2.31. The largest absolute Gasteiger partial charge is 0.481 e. The molecule has 0 aliphatic carbocycles. The summed E-state index contributed by atoms with van der Waals surface area (Å²) >= 11 is 0. The third kappa shape index (κ3) is 7.51. The molecule has 0 amide bonds. The van der Waals surface area contributed by atoms with Crippen LogP contribution in [0.2, 0.25) is 0 Å². The van der Waals surface area contributed by atoms with Crippen LogP contribution in [0.1, 0.15) is 84.5 Å². The predicted molar refractivity (Wildman–Crippen MR) is 79.8 cm³/mol. The monoisotopic (exact) mass is 286 g/mol. The summed E-state index contributed by atoms with van der Waals surface area (Å²) in [5.74, 6) is -1.44. The summed E-state index contributed by atoms with van der Waals surface area (Å²) in [5, 5.41) is 18.2. The molecule has 0 unspecified atom stereocenters. The Bertz CT molecular complexity index is 278. The van der Waals surface area contributed by atoms with Gasteiger partial charge in [-0.05, 0) is 25.7 Å². The molecule has 20 heavy (non-hydrogen) atoms. The summed E-state index contributed by atoms with van der Waals surface area (Å²) in [6.07, 6.45) is 8.55. The number of hydrogen-bond acceptors (Lipinski definition) is 2. The minimum absolute atomic E-state index is 0.185. The van der Waals surface area contributed by atoms with Gasteiger partial charge in [-0.25, -0.2) is 0 Å². The van der Waals surface area contributed by atoms with Crippen molar-refractivity contribution in [1.29, 1.82) is 0 Å². The van der Waals surface area contributed by atoms with Gasteiger partial charge in [-0.15, -0.1) is 0 Å². The lowest BCUT2D eigenvalue weighted by atomic mass is 9.74. The van der Waals surface area contributed by atoms with Crippen molar-refractivity contribution < 1.29 is 19.8 Å². The van der Waals surface area contributed by atoms with Gasteiger partial charge in [0.25, 0.3) is 0 Å². The SMILES string of the molecule is CCCCC(CCCC)(CCCCCC(=O)O)C(=O)O. The number of carboxylic acid groups (broad SMARTS) is 2. The second kappa shape index (κ2) is 10.7. The van der Waals surface area contributed by atoms with E-state index in [1.807, 2.05) is 0 Å². The number of carboxylic acids is 2. The zero-order chi connectivity index (χ0) is 15.4. The van der Waals surface area contributed by atoms with Crippen LogP contribution in [0.5, 0.6) is 0 Å². The van der Waals surface area contributed by atoms with Gasteiger partial charge in [0.05, 0.1) is 5.41 Å². The van der Waals surface area contributed by atoms with E-state index in [1.165, 1.54) is 0 Å². The number of hydrogen-bond donors (Lipinski definition) is 2. The maximum Gasteiger partial charge on any atom is 0.309 e.